The molecule has 5 nitrogen and oxygen atoms in total. The number of aryl methyl sites for hydroxylation is 2. The van der Waals surface area contributed by atoms with Gasteiger partial charge in [0.05, 0.1) is 17.8 Å². The van der Waals surface area contributed by atoms with Gasteiger partial charge in [0.15, 0.2) is 0 Å². The molecule has 5 heteroatoms. The largest absolute Gasteiger partial charge is 0.372 e. The lowest BCUT2D eigenvalue weighted by Crippen LogP contribution is -2.30. The summed E-state index contributed by atoms with van der Waals surface area (Å²) >= 11 is 0. The van der Waals surface area contributed by atoms with Gasteiger partial charge in [0, 0.05) is 5.69 Å². The van der Waals surface area contributed by atoms with Crippen LogP contribution in [0.3, 0.4) is 0 Å². The first-order valence-corrected chi connectivity index (χ1v) is 5.11. The van der Waals surface area contributed by atoms with Crippen molar-refractivity contribution in [2.24, 2.45) is 0 Å². The van der Waals surface area contributed by atoms with Crippen LogP contribution in [0.1, 0.15) is 17.8 Å². The summed E-state index contributed by atoms with van der Waals surface area (Å²) < 4.78 is 0. The van der Waals surface area contributed by atoms with Crippen molar-refractivity contribution >= 4 is 17.5 Å². The number of rotatable bonds is 2. The zero-order valence-electron chi connectivity index (χ0n) is 9.20. The summed E-state index contributed by atoms with van der Waals surface area (Å²) in [7, 11) is 0. The van der Waals surface area contributed by atoms with E-state index in [2.05, 4.69) is 15.6 Å². The van der Waals surface area contributed by atoms with Gasteiger partial charge < -0.3 is 5.32 Å². The van der Waals surface area contributed by atoms with Crippen molar-refractivity contribution in [3.8, 4) is 0 Å². The first kappa shape index (κ1) is 10.6. The molecule has 0 aromatic carbocycles. The lowest BCUT2D eigenvalue weighted by atomic mass is 10.2. The Morgan fingerprint density at radius 2 is 2.12 bits per heavy atom. The molecular formula is C11H13N3O2. The van der Waals surface area contributed by atoms with Crippen molar-refractivity contribution in [2.75, 3.05) is 5.32 Å². The lowest BCUT2D eigenvalue weighted by Gasteiger charge is -2.12. The predicted octanol–water partition coefficient (Wildman–Crippen LogP) is 0.525. The summed E-state index contributed by atoms with van der Waals surface area (Å²) in [6.07, 6.45) is 0.187. The average Bonchev–Trinajstić information content (AvgIpc) is 2.50. The maximum atomic E-state index is 11.4. The molecule has 1 aliphatic heterocycles. The van der Waals surface area contributed by atoms with Gasteiger partial charge >= 0.3 is 0 Å². The lowest BCUT2D eigenvalue weighted by molar-refractivity contribution is -0.124. The molecule has 0 radical (unpaired) electrons. The van der Waals surface area contributed by atoms with Crippen molar-refractivity contribution in [1.82, 2.24) is 10.3 Å². The molecule has 0 saturated carbocycles. The Hall–Kier alpha value is -1.91. The molecule has 0 aliphatic carbocycles. The van der Waals surface area contributed by atoms with E-state index in [0.717, 1.165) is 17.1 Å². The third-order valence-electron chi connectivity index (χ3n) is 2.52. The number of amides is 2. The summed E-state index contributed by atoms with van der Waals surface area (Å²) in [4.78, 5) is 26.6. The molecule has 1 aliphatic rings. The Bertz CT molecular complexity index is 457. The normalized spacial score (nSPS) is 19.8. The Morgan fingerprint density at radius 1 is 1.38 bits per heavy atom. The van der Waals surface area contributed by atoms with Crippen molar-refractivity contribution in [3.63, 3.8) is 0 Å². The van der Waals surface area contributed by atoms with E-state index >= 15 is 0 Å². The number of carbonyl (C=O) groups is 2. The molecule has 16 heavy (non-hydrogen) atoms. The molecule has 1 atom stereocenters. The van der Waals surface area contributed by atoms with Crippen LogP contribution in [0, 0.1) is 13.8 Å². The van der Waals surface area contributed by atoms with Gasteiger partial charge in [-0.1, -0.05) is 0 Å². The molecule has 0 spiro atoms. The van der Waals surface area contributed by atoms with E-state index in [1.807, 2.05) is 26.0 Å². The van der Waals surface area contributed by atoms with Crippen LogP contribution < -0.4 is 10.6 Å². The fourth-order valence-electron chi connectivity index (χ4n) is 1.70. The Labute approximate surface area is 93.3 Å². The topological polar surface area (TPSA) is 71.1 Å². The standard InChI is InChI=1S/C11H13N3O2/c1-6-3-4-8(7(2)12-6)13-9-5-10(15)14-11(9)16/h3-4,9,13H,5H2,1-2H3,(H,14,15,16). The number of carbonyl (C=O) groups excluding carboxylic acids is 2. The average molecular weight is 219 g/mol. The second-order valence-electron chi connectivity index (χ2n) is 3.90. The van der Waals surface area contributed by atoms with E-state index in [0.29, 0.717) is 0 Å². The molecule has 1 aromatic rings. The molecule has 2 heterocycles. The molecule has 84 valence electrons. The van der Waals surface area contributed by atoms with E-state index in [1.165, 1.54) is 0 Å². The molecule has 2 N–H and O–H groups in total. The fourth-order valence-corrected chi connectivity index (χ4v) is 1.70. The van der Waals surface area contributed by atoms with Gasteiger partial charge in [-0.3, -0.25) is 19.9 Å². The predicted molar refractivity (Wildman–Crippen MR) is 58.9 cm³/mol. The van der Waals surface area contributed by atoms with E-state index in [1.54, 1.807) is 0 Å². The Balaban J connectivity index is 2.15. The molecule has 1 unspecified atom stereocenters. The summed E-state index contributed by atoms with van der Waals surface area (Å²) in [5.74, 6) is -0.509. The summed E-state index contributed by atoms with van der Waals surface area (Å²) in [5, 5.41) is 5.28. The molecule has 1 aromatic heterocycles. The van der Waals surface area contributed by atoms with Gasteiger partial charge in [0.1, 0.15) is 6.04 Å². The van der Waals surface area contributed by atoms with Crippen LogP contribution in [-0.2, 0) is 9.59 Å². The molecule has 2 rings (SSSR count). The number of anilines is 1. The molecule has 0 bridgehead atoms. The summed E-state index contributed by atoms with van der Waals surface area (Å²) in [6, 6.07) is 3.26. The van der Waals surface area contributed by atoms with E-state index in [4.69, 9.17) is 0 Å². The maximum absolute atomic E-state index is 11.4. The van der Waals surface area contributed by atoms with Crippen LogP contribution in [0.5, 0.6) is 0 Å². The van der Waals surface area contributed by atoms with Crippen LogP contribution in [0.4, 0.5) is 5.69 Å². The number of aromatic nitrogens is 1. The van der Waals surface area contributed by atoms with E-state index < -0.39 is 6.04 Å². The van der Waals surface area contributed by atoms with Gasteiger partial charge in [0.25, 0.3) is 0 Å². The highest BCUT2D eigenvalue weighted by atomic mass is 16.2. The maximum Gasteiger partial charge on any atom is 0.249 e. The number of nitrogens with one attached hydrogen (secondary N) is 2. The van der Waals surface area contributed by atoms with Gasteiger partial charge in [-0.15, -0.1) is 0 Å². The summed E-state index contributed by atoms with van der Waals surface area (Å²) in [5.41, 5.74) is 2.54. The number of imide groups is 1. The number of hydrogen-bond donors (Lipinski definition) is 2. The zero-order valence-corrected chi connectivity index (χ0v) is 9.20. The highest BCUT2D eigenvalue weighted by molar-refractivity contribution is 6.06. The van der Waals surface area contributed by atoms with Gasteiger partial charge in [-0.25, -0.2) is 0 Å². The van der Waals surface area contributed by atoms with Crippen LogP contribution in [-0.4, -0.2) is 22.8 Å². The third kappa shape index (κ3) is 2.03. The quantitative estimate of drug-likeness (QED) is 0.711. The number of hydrogen-bond acceptors (Lipinski definition) is 4. The van der Waals surface area contributed by atoms with E-state index in [9.17, 15) is 9.59 Å². The van der Waals surface area contributed by atoms with E-state index in [-0.39, 0.29) is 18.2 Å². The smallest absolute Gasteiger partial charge is 0.249 e. The minimum atomic E-state index is -0.476. The first-order valence-electron chi connectivity index (χ1n) is 5.11. The van der Waals surface area contributed by atoms with Crippen molar-refractivity contribution in [1.29, 1.82) is 0 Å². The monoisotopic (exact) mass is 219 g/mol. The van der Waals surface area contributed by atoms with Crippen LogP contribution in [0.2, 0.25) is 0 Å². The fraction of sp³-hybridized carbons (Fsp3) is 0.364. The molecule has 1 fully saturated rings. The second-order valence-corrected chi connectivity index (χ2v) is 3.90. The van der Waals surface area contributed by atoms with Crippen molar-refractivity contribution < 1.29 is 9.59 Å². The van der Waals surface area contributed by atoms with Crippen LogP contribution in [0.15, 0.2) is 12.1 Å². The third-order valence-corrected chi connectivity index (χ3v) is 2.52. The van der Waals surface area contributed by atoms with Gasteiger partial charge in [0.2, 0.25) is 11.8 Å². The van der Waals surface area contributed by atoms with Crippen LogP contribution >= 0.6 is 0 Å². The minimum Gasteiger partial charge on any atom is -0.372 e. The van der Waals surface area contributed by atoms with Crippen molar-refractivity contribution in [3.05, 3.63) is 23.5 Å². The SMILES string of the molecule is Cc1ccc(NC2CC(=O)NC2=O)c(C)n1. The second kappa shape index (κ2) is 3.92. The van der Waals surface area contributed by atoms with Crippen LogP contribution in [0.25, 0.3) is 0 Å². The Kier molecular flexibility index (Phi) is 2.60. The van der Waals surface area contributed by atoms with Crippen molar-refractivity contribution in [2.45, 2.75) is 26.3 Å². The summed E-state index contributed by atoms with van der Waals surface area (Å²) in [6.45, 7) is 3.77. The first-order chi connectivity index (χ1) is 7.56. The number of nitrogens with zero attached hydrogens (tertiary/aromatic N) is 1. The molecule has 1 saturated heterocycles. The Morgan fingerprint density at radius 3 is 2.69 bits per heavy atom. The zero-order chi connectivity index (χ0) is 11.7. The molecule has 2 amide bonds. The highest BCUT2D eigenvalue weighted by Gasteiger charge is 2.30. The highest BCUT2D eigenvalue weighted by Crippen LogP contribution is 2.16. The number of pyridine rings is 1. The molecular weight excluding hydrogens is 206 g/mol. The minimum absolute atomic E-state index is 0.187. The van der Waals surface area contributed by atoms with Gasteiger partial charge in [-0.2, -0.15) is 0 Å². The van der Waals surface area contributed by atoms with Gasteiger partial charge in [-0.05, 0) is 26.0 Å².